The summed E-state index contributed by atoms with van der Waals surface area (Å²) in [5, 5.41) is 12.3. The number of benzene rings is 1. The number of carbonyl (C=O) groups excluding carboxylic acids is 1. The predicted molar refractivity (Wildman–Crippen MR) is 74.2 cm³/mol. The lowest BCUT2D eigenvalue weighted by molar-refractivity contribution is -0.148. The van der Waals surface area contributed by atoms with E-state index in [1.54, 1.807) is 24.3 Å². The zero-order chi connectivity index (χ0) is 15.0. The highest BCUT2D eigenvalue weighted by molar-refractivity contribution is 5.99. The van der Waals surface area contributed by atoms with Crippen molar-refractivity contribution in [2.75, 3.05) is 0 Å². The van der Waals surface area contributed by atoms with Crippen molar-refractivity contribution in [2.24, 2.45) is 0 Å². The molecule has 0 bridgehead atoms. The molecule has 1 saturated carbocycles. The lowest BCUT2D eigenvalue weighted by atomic mass is 9.76. The zero-order valence-corrected chi connectivity index (χ0v) is 11.1. The Kier molecular flexibility index (Phi) is 3.01. The van der Waals surface area contributed by atoms with Gasteiger partial charge in [-0.25, -0.2) is 9.59 Å². The van der Waals surface area contributed by atoms with Crippen LogP contribution in [0.2, 0.25) is 0 Å². The Morgan fingerprint density at radius 1 is 1.24 bits per heavy atom. The van der Waals surface area contributed by atoms with Gasteiger partial charge in [-0.1, -0.05) is 18.2 Å². The van der Waals surface area contributed by atoms with E-state index in [1.807, 2.05) is 0 Å². The van der Waals surface area contributed by atoms with Crippen LogP contribution in [0.15, 0.2) is 39.5 Å². The number of amides is 1. The Morgan fingerprint density at radius 3 is 2.57 bits per heavy atom. The van der Waals surface area contributed by atoms with Crippen molar-refractivity contribution < 1.29 is 19.1 Å². The van der Waals surface area contributed by atoms with Crippen molar-refractivity contribution in [3.05, 3.63) is 46.3 Å². The zero-order valence-electron chi connectivity index (χ0n) is 11.1. The number of carboxylic acid groups (broad SMARTS) is 1. The third kappa shape index (κ3) is 2.18. The van der Waals surface area contributed by atoms with E-state index in [0.29, 0.717) is 23.8 Å². The quantitative estimate of drug-likeness (QED) is 0.834. The summed E-state index contributed by atoms with van der Waals surface area (Å²) < 4.78 is 5.08. The maximum absolute atomic E-state index is 12.2. The summed E-state index contributed by atoms with van der Waals surface area (Å²) in [5.74, 6) is -1.79. The standard InChI is InChI=1S/C15H13NO5/c17-12(16-15(14(19)20)6-3-7-15)10-8-9-4-1-2-5-11(9)21-13(10)18/h1-2,4-5,8H,3,6-7H2,(H,16,17)(H,19,20). The molecule has 1 fully saturated rings. The van der Waals surface area contributed by atoms with E-state index >= 15 is 0 Å². The lowest BCUT2D eigenvalue weighted by Gasteiger charge is -2.38. The summed E-state index contributed by atoms with van der Waals surface area (Å²) in [6.45, 7) is 0. The highest BCUT2D eigenvalue weighted by Crippen LogP contribution is 2.32. The summed E-state index contributed by atoms with van der Waals surface area (Å²) in [4.78, 5) is 35.3. The van der Waals surface area contributed by atoms with Crippen LogP contribution >= 0.6 is 0 Å². The highest BCUT2D eigenvalue weighted by Gasteiger charge is 2.46. The van der Waals surface area contributed by atoms with Gasteiger partial charge < -0.3 is 14.8 Å². The van der Waals surface area contributed by atoms with Gasteiger partial charge in [0.15, 0.2) is 0 Å². The number of fused-ring (bicyclic) bond motifs is 1. The fraction of sp³-hybridized carbons (Fsp3) is 0.267. The molecule has 0 atom stereocenters. The van der Waals surface area contributed by atoms with Gasteiger partial charge in [0.05, 0.1) is 0 Å². The smallest absolute Gasteiger partial charge is 0.349 e. The summed E-state index contributed by atoms with van der Waals surface area (Å²) in [6, 6.07) is 8.24. The molecule has 0 saturated heterocycles. The van der Waals surface area contributed by atoms with E-state index in [4.69, 9.17) is 4.42 Å². The van der Waals surface area contributed by atoms with Crippen LogP contribution in [0, 0.1) is 0 Å². The first-order chi connectivity index (χ1) is 10.0. The van der Waals surface area contributed by atoms with Gasteiger partial charge in [-0.05, 0) is 31.4 Å². The third-order valence-corrected chi connectivity index (χ3v) is 3.86. The van der Waals surface area contributed by atoms with Crippen molar-refractivity contribution in [1.29, 1.82) is 0 Å². The molecule has 6 heteroatoms. The second-order valence-corrected chi connectivity index (χ2v) is 5.18. The van der Waals surface area contributed by atoms with Crippen LogP contribution in [-0.2, 0) is 4.79 Å². The second-order valence-electron chi connectivity index (χ2n) is 5.18. The van der Waals surface area contributed by atoms with Gasteiger partial charge in [0.2, 0.25) is 0 Å². The van der Waals surface area contributed by atoms with Crippen LogP contribution < -0.4 is 10.9 Å². The molecule has 6 nitrogen and oxygen atoms in total. The van der Waals surface area contributed by atoms with Crippen molar-refractivity contribution in [2.45, 2.75) is 24.8 Å². The molecular formula is C15H13NO5. The van der Waals surface area contributed by atoms with Gasteiger partial charge in [0.25, 0.3) is 5.91 Å². The number of aliphatic carboxylic acids is 1. The molecule has 0 aliphatic heterocycles. The van der Waals surface area contributed by atoms with E-state index in [1.165, 1.54) is 6.07 Å². The highest BCUT2D eigenvalue weighted by atomic mass is 16.4. The first kappa shape index (κ1) is 13.4. The van der Waals surface area contributed by atoms with Gasteiger partial charge in [-0.3, -0.25) is 4.79 Å². The summed E-state index contributed by atoms with van der Waals surface area (Å²) >= 11 is 0. The molecule has 108 valence electrons. The average Bonchev–Trinajstić information content (AvgIpc) is 2.41. The first-order valence-corrected chi connectivity index (χ1v) is 6.61. The van der Waals surface area contributed by atoms with Crippen LogP contribution in [0.1, 0.15) is 29.6 Å². The van der Waals surface area contributed by atoms with Gasteiger partial charge in [-0.2, -0.15) is 0 Å². The van der Waals surface area contributed by atoms with Crippen LogP contribution in [0.3, 0.4) is 0 Å². The molecule has 0 unspecified atom stereocenters. The normalized spacial score (nSPS) is 16.2. The summed E-state index contributed by atoms with van der Waals surface area (Å²) in [6.07, 6.45) is 1.47. The van der Waals surface area contributed by atoms with Gasteiger partial charge >= 0.3 is 11.6 Å². The molecule has 1 aliphatic rings. The Balaban J connectivity index is 1.96. The number of hydrogen-bond donors (Lipinski definition) is 2. The molecule has 2 N–H and O–H groups in total. The monoisotopic (exact) mass is 287 g/mol. The minimum Gasteiger partial charge on any atom is -0.480 e. The van der Waals surface area contributed by atoms with Crippen LogP contribution in [0.25, 0.3) is 11.0 Å². The Hall–Kier alpha value is -2.63. The van der Waals surface area contributed by atoms with E-state index in [-0.39, 0.29) is 5.56 Å². The fourth-order valence-corrected chi connectivity index (χ4v) is 2.43. The topological polar surface area (TPSA) is 96.6 Å². The number of rotatable bonds is 3. The van der Waals surface area contributed by atoms with E-state index in [9.17, 15) is 19.5 Å². The Labute approximate surface area is 119 Å². The van der Waals surface area contributed by atoms with Crippen LogP contribution in [0.5, 0.6) is 0 Å². The predicted octanol–water partition coefficient (Wildman–Crippen LogP) is 1.53. The van der Waals surface area contributed by atoms with E-state index < -0.39 is 23.0 Å². The maximum Gasteiger partial charge on any atom is 0.349 e. The van der Waals surface area contributed by atoms with Crippen molar-refractivity contribution in [1.82, 2.24) is 5.32 Å². The minimum absolute atomic E-state index is 0.179. The third-order valence-electron chi connectivity index (χ3n) is 3.86. The maximum atomic E-state index is 12.2. The van der Waals surface area contributed by atoms with Crippen LogP contribution in [0.4, 0.5) is 0 Å². The number of carbonyl (C=O) groups is 2. The van der Waals surface area contributed by atoms with Gasteiger partial charge in [-0.15, -0.1) is 0 Å². The SMILES string of the molecule is O=C(NC1(C(=O)O)CCC1)c1cc2ccccc2oc1=O. The van der Waals surface area contributed by atoms with Crippen molar-refractivity contribution >= 4 is 22.8 Å². The molecule has 0 radical (unpaired) electrons. The molecular weight excluding hydrogens is 274 g/mol. The largest absolute Gasteiger partial charge is 0.480 e. The number of hydrogen-bond acceptors (Lipinski definition) is 4. The average molecular weight is 287 g/mol. The molecule has 21 heavy (non-hydrogen) atoms. The molecule has 1 heterocycles. The number of carboxylic acids is 1. The van der Waals surface area contributed by atoms with Gasteiger partial charge in [0.1, 0.15) is 16.7 Å². The number of nitrogens with one attached hydrogen (secondary N) is 1. The lowest BCUT2D eigenvalue weighted by Crippen LogP contribution is -2.59. The molecule has 1 aliphatic carbocycles. The van der Waals surface area contributed by atoms with Gasteiger partial charge in [0, 0.05) is 5.39 Å². The number of para-hydroxylation sites is 1. The van der Waals surface area contributed by atoms with Crippen LogP contribution in [-0.4, -0.2) is 22.5 Å². The molecule has 0 spiro atoms. The molecule has 3 rings (SSSR count). The summed E-state index contributed by atoms with van der Waals surface area (Å²) in [7, 11) is 0. The summed E-state index contributed by atoms with van der Waals surface area (Å²) in [5.41, 5.74) is -1.82. The Bertz CT molecular complexity index is 788. The molecule has 1 aromatic carbocycles. The first-order valence-electron chi connectivity index (χ1n) is 6.61. The molecule has 2 aromatic rings. The van der Waals surface area contributed by atoms with E-state index in [0.717, 1.165) is 6.42 Å². The fourth-order valence-electron chi connectivity index (χ4n) is 2.43. The van der Waals surface area contributed by atoms with Crippen molar-refractivity contribution in [3.8, 4) is 0 Å². The minimum atomic E-state index is -1.25. The van der Waals surface area contributed by atoms with Crippen molar-refractivity contribution in [3.63, 3.8) is 0 Å². The molecule has 1 aromatic heterocycles. The van der Waals surface area contributed by atoms with E-state index in [2.05, 4.69) is 5.32 Å². The second kappa shape index (κ2) is 4.73. The molecule has 1 amide bonds. The Morgan fingerprint density at radius 2 is 1.95 bits per heavy atom.